The van der Waals surface area contributed by atoms with E-state index in [1.807, 2.05) is 6.20 Å². The number of pyridine rings is 1. The van der Waals surface area contributed by atoms with Crippen LogP contribution in [0.25, 0.3) is 0 Å². The van der Waals surface area contributed by atoms with Crippen LogP contribution in [0.4, 0.5) is 11.5 Å². The van der Waals surface area contributed by atoms with E-state index in [1.54, 1.807) is 0 Å². The molecule has 0 spiro atoms. The van der Waals surface area contributed by atoms with Gasteiger partial charge in [0, 0.05) is 43.1 Å². The molecule has 2 saturated heterocycles. The SMILES string of the molecule is CC1C(Nc2cc(N3C[C@H]4CCN[C@H]4C3)ccn2)C[C@@H]2C[C@@H]1C2(C)C. The second kappa shape index (κ2) is 5.60. The monoisotopic (exact) mass is 340 g/mol. The van der Waals surface area contributed by atoms with E-state index in [2.05, 4.69) is 53.4 Å². The van der Waals surface area contributed by atoms with Gasteiger partial charge in [0.25, 0.3) is 0 Å². The average Bonchev–Trinajstić information content (AvgIpc) is 3.18. The molecule has 5 aliphatic rings. The van der Waals surface area contributed by atoms with Crippen molar-refractivity contribution in [2.45, 2.75) is 52.1 Å². The van der Waals surface area contributed by atoms with Gasteiger partial charge in [-0.2, -0.15) is 0 Å². The van der Waals surface area contributed by atoms with Crippen LogP contribution in [-0.2, 0) is 0 Å². The molecule has 0 amide bonds. The smallest absolute Gasteiger partial charge is 0.128 e. The summed E-state index contributed by atoms with van der Waals surface area (Å²) in [5.41, 5.74) is 1.88. The molecule has 0 radical (unpaired) electrons. The quantitative estimate of drug-likeness (QED) is 0.885. The van der Waals surface area contributed by atoms with E-state index >= 15 is 0 Å². The van der Waals surface area contributed by atoms with Crippen LogP contribution in [0, 0.1) is 29.1 Å². The third kappa shape index (κ3) is 2.48. The Morgan fingerprint density at radius 1 is 1.28 bits per heavy atom. The second-order valence-corrected chi connectivity index (χ2v) is 9.62. The maximum absolute atomic E-state index is 4.63. The van der Waals surface area contributed by atoms with Gasteiger partial charge in [-0.3, -0.25) is 0 Å². The Kier molecular flexibility index (Phi) is 3.57. The van der Waals surface area contributed by atoms with E-state index in [0.29, 0.717) is 17.5 Å². The van der Waals surface area contributed by atoms with Gasteiger partial charge in [0.15, 0.2) is 0 Å². The van der Waals surface area contributed by atoms with Gasteiger partial charge in [0.2, 0.25) is 0 Å². The lowest BCUT2D eigenvalue weighted by atomic mass is 9.45. The van der Waals surface area contributed by atoms with Crippen molar-refractivity contribution in [2.24, 2.45) is 29.1 Å². The molecule has 6 atom stereocenters. The van der Waals surface area contributed by atoms with Gasteiger partial charge >= 0.3 is 0 Å². The van der Waals surface area contributed by atoms with Crippen LogP contribution in [0.5, 0.6) is 0 Å². The molecule has 6 rings (SSSR count). The zero-order valence-corrected chi connectivity index (χ0v) is 15.8. The third-order valence-electron chi connectivity index (χ3n) is 8.16. The molecule has 4 nitrogen and oxygen atoms in total. The molecule has 2 bridgehead atoms. The Morgan fingerprint density at radius 3 is 2.92 bits per heavy atom. The Hall–Kier alpha value is -1.29. The first-order valence-corrected chi connectivity index (χ1v) is 10.2. The maximum atomic E-state index is 4.63. The van der Waals surface area contributed by atoms with Gasteiger partial charge in [0.1, 0.15) is 5.82 Å². The lowest BCUT2D eigenvalue weighted by molar-refractivity contribution is -0.105. The number of fused-ring (bicyclic) bond motifs is 3. The largest absolute Gasteiger partial charge is 0.369 e. The van der Waals surface area contributed by atoms with Crippen molar-refractivity contribution >= 4 is 11.5 Å². The molecule has 5 fully saturated rings. The lowest BCUT2D eigenvalue weighted by Crippen LogP contribution is -2.58. The minimum atomic E-state index is 0.549. The third-order valence-corrected chi connectivity index (χ3v) is 8.16. The number of nitrogens with zero attached hydrogens (tertiary/aromatic N) is 2. The zero-order valence-electron chi connectivity index (χ0n) is 15.8. The van der Waals surface area contributed by atoms with Crippen molar-refractivity contribution in [3.63, 3.8) is 0 Å². The first-order valence-electron chi connectivity index (χ1n) is 10.2. The van der Waals surface area contributed by atoms with E-state index in [9.17, 15) is 0 Å². The predicted molar refractivity (Wildman–Crippen MR) is 103 cm³/mol. The van der Waals surface area contributed by atoms with Gasteiger partial charge in [-0.05, 0) is 61.0 Å². The Balaban J connectivity index is 1.28. The molecule has 3 aliphatic carbocycles. The van der Waals surface area contributed by atoms with Gasteiger partial charge in [-0.25, -0.2) is 4.98 Å². The summed E-state index contributed by atoms with van der Waals surface area (Å²) in [5, 5.41) is 7.44. The fourth-order valence-corrected chi connectivity index (χ4v) is 6.29. The zero-order chi connectivity index (χ0) is 17.2. The minimum Gasteiger partial charge on any atom is -0.369 e. The number of aromatic nitrogens is 1. The highest BCUT2D eigenvalue weighted by Gasteiger charge is 2.56. The molecule has 2 unspecified atom stereocenters. The van der Waals surface area contributed by atoms with Crippen molar-refractivity contribution in [1.29, 1.82) is 0 Å². The van der Waals surface area contributed by atoms with Gasteiger partial charge in [0.05, 0.1) is 0 Å². The molecule has 2 aliphatic heterocycles. The average molecular weight is 341 g/mol. The molecule has 2 N–H and O–H groups in total. The van der Waals surface area contributed by atoms with Gasteiger partial charge in [-0.15, -0.1) is 0 Å². The van der Waals surface area contributed by atoms with Crippen molar-refractivity contribution in [2.75, 3.05) is 29.9 Å². The molecule has 3 heterocycles. The van der Waals surface area contributed by atoms with Crippen molar-refractivity contribution in [3.05, 3.63) is 18.3 Å². The van der Waals surface area contributed by atoms with Crippen LogP contribution in [0.2, 0.25) is 0 Å². The highest BCUT2D eigenvalue weighted by atomic mass is 15.2. The van der Waals surface area contributed by atoms with Gasteiger partial charge in [-0.1, -0.05) is 20.8 Å². The molecule has 0 aromatic carbocycles. The second-order valence-electron chi connectivity index (χ2n) is 9.62. The molecule has 1 aromatic heterocycles. The number of hydrogen-bond donors (Lipinski definition) is 2. The number of nitrogens with one attached hydrogen (secondary N) is 2. The Labute approximate surface area is 151 Å². The van der Waals surface area contributed by atoms with E-state index < -0.39 is 0 Å². The van der Waals surface area contributed by atoms with E-state index in [1.165, 1.54) is 38.0 Å². The van der Waals surface area contributed by atoms with E-state index in [4.69, 9.17) is 0 Å². The van der Waals surface area contributed by atoms with Crippen LogP contribution >= 0.6 is 0 Å². The normalized spacial score (nSPS) is 41.3. The summed E-state index contributed by atoms with van der Waals surface area (Å²) in [6.45, 7) is 10.9. The predicted octanol–water partition coefficient (Wildman–Crippen LogP) is 3.36. The standard InChI is InChI=1S/C21H32N4/c1-13-17-8-15(21(17,2)3)9-18(13)24-20-10-16(5-7-23-20)25-11-14-4-6-22-19(14)12-25/h5,7,10,13-15,17-19,22H,4,6,8-9,11-12H2,1-3H3,(H,23,24)/t13?,14-,15+,17+,18?,19+/m1/s1. The molecule has 136 valence electrons. The molecule has 25 heavy (non-hydrogen) atoms. The highest BCUT2D eigenvalue weighted by molar-refractivity contribution is 5.55. The van der Waals surface area contributed by atoms with Crippen molar-refractivity contribution in [1.82, 2.24) is 10.3 Å². The highest BCUT2D eigenvalue weighted by Crippen LogP contribution is 2.61. The Morgan fingerprint density at radius 2 is 2.16 bits per heavy atom. The summed E-state index contributed by atoms with van der Waals surface area (Å²) in [5.74, 6) is 4.39. The van der Waals surface area contributed by atoms with E-state index in [0.717, 1.165) is 36.0 Å². The summed E-state index contributed by atoms with van der Waals surface area (Å²) in [7, 11) is 0. The van der Waals surface area contributed by atoms with Crippen LogP contribution in [0.15, 0.2) is 18.3 Å². The molecular formula is C21H32N4. The number of hydrogen-bond acceptors (Lipinski definition) is 4. The van der Waals surface area contributed by atoms with Crippen LogP contribution in [0.1, 0.15) is 40.0 Å². The fraction of sp³-hybridized carbons (Fsp3) is 0.762. The lowest BCUT2D eigenvalue weighted by Gasteiger charge is -2.62. The number of rotatable bonds is 3. The summed E-state index contributed by atoms with van der Waals surface area (Å²) < 4.78 is 0. The molecule has 1 aromatic rings. The van der Waals surface area contributed by atoms with Crippen LogP contribution in [-0.4, -0.2) is 36.7 Å². The number of anilines is 2. The first kappa shape index (κ1) is 15.9. The van der Waals surface area contributed by atoms with Crippen LogP contribution < -0.4 is 15.5 Å². The maximum Gasteiger partial charge on any atom is 0.128 e. The van der Waals surface area contributed by atoms with Gasteiger partial charge < -0.3 is 15.5 Å². The van der Waals surface area contributed by atoms with Crippen molar-refractivity contribution in [3.8, 4) is 0 Å². The molecule has 4 heteroatoms. The minimum absolute atomic E-state index is 0.549. The first-order chi connectivity index (χ1) is 12.0. The van der Waals surface area contributed by atoms with Crippen molar-refractivity contribution < 1.29 is 0 Å². The fourth-order valence-electron chi connectivity index (χ4n) is 6.29. The van der Waals surface area contributed by atoms with E-state index in [-0.39, 0.29) is 0 Å². The summed E-state index contributed by atoms with van der Waals surface area (Å²) in [6, 6.07) is 5.73. The summed E-state index contributed by atoms with van der Waals surface area (Å²) in [4.78, 5) is 7.18. The van der Waals surface area contributed by atoms with Crippen LogP contribution in [0.3, 0.4) is 0 Å². The summed E-state index contributed by atoms with van der Waals surface area (Å²) in [6.07, 6.45) is 6.05. The summed E-state index contributed by atoms with van der Waals surface area (Å²) >= 11 is 0. The molecular weight excluding hydrogens is 308 g/mol. The Bertz CT molecular complexity index is 645. The molecule has 3 saturated carbocycles. The topological polar surface area (TPSA) is 40.2 Å².